The van der Waals surface area contributed by atoms with Gasteiger partial charge in [0, 0.05) is 18.8 Å². The van der Waals surface area contributed by atoms with Gasteiger partial charge in [0.2, 0.25) is 0 Å². The van der Waals surface area contributed by atoms with Gasteiger partial charge in [0.15, 0.2) is 0 Å². The maximum absolute atomic E-state index is 11.3. The summed E-state index contributed by atoms with van der Waals surface area (Å²) in [6.07, 6.45) is 1.32. The van der Waals surface area contributed by atoms with Crippen LogP contribution in [-0.2, 0) is 4.74 Å². The predicted molar refractivity (Wildman–Crippen MR) is 50.1 cm³/mol. The molecule has 1 aromatic heterocycles. The SMILES string of the molecule is O=[13c]1[15n]ccc[15n]1[C@H]1C[C@H](O)[C@@H](CO)O1. The minimum Gasteiger partial charge on any atom is -0.394 e. The minimum atomic E-state index is -0.743. The zero-order chi connectivity index (χ0) is 10.8. The van der Waals surface area contributed by atoms with Crippen molar-refractivity contribution >= 4 is 0 Å². The normalized spacial score (nSPS) is 30.7. The number of rotatable bonds is 2. The summed E-state index contributed by atoms with van der Waals surface area (Å²) >= 11 is 0. The molecule has 82 valence electrons. The van der Waals surface area contributed by atoms with Gasteiger partial charge >= 0.3 is 5.69 Å². The third-order valence-electron chi connectivity index (χ3n) is 2.43. The Morgan fingerprint density at radius 1 is 1.67 bits per heavy atom. The van der Waals surface area contributed by atoms with Crippen molar-refractivity contribution in [1.82, 2.24) is 9.55 Å². The summed E-state index contributed by atoms with van der Waals surface area (Å²) in [5, 5.41) is 18.4. The number of aromatic nitrogens is 2. The molecule has 15 heavy (non-hydrogen) atoms. The Hall–Kier alpha value is -1.24. The monoisotopic (exact) mass is 215 g/mol. The van der Waals surface area contributed by atoms with Crippen molar-refractivity contribution in [1.29, 1.82) is 0 Å². The summed E-state index contributed by atoms with van der Waals surface area (Å²) in [6.45, 7) is -0.257. The van der Waals surface area contributed by atoms with Crippen molar-refractivity contribution in [2.75, 3.05) is 6.61 Å². The molecule has 0 aliphatic carbocycles. The highest BCUT2D eigenvalue weighted by atomic mass is 16.6. The van der Waals surface area contributed by atoms with Crippen molar-refractivity contribution in [3.05, 3.63) is 28.9 Å². The molecule has 0 radical (unpaired) electrons. The fourth-order valence-corrected chi connectivity index (χ4v) is 1.64. The van der Waals surface area contributed by atoms with Crippen molar-refractivity contribution < 1.29 is 14.9 Å². The van der Waals surface area contributed by atoms with Gasteiger partial charge in [0.25, 0.3) is 0 Å². The smallest absolute Gasteiger partial charge is 0.349 e. The van der Waals surface area contributed by atoms with E-state index in [2.05, 4.69) is 4.98 Å². The van der Waals surface area contributed by atoms with Crippen LogP contribution in [0, 0.1) is 0 Å². The molecule has 1 aromatic rings. The van der Waals surface area contributed by atoms with Gasteiger partial charge in [-0.1, -0.05) is 0 Å². The molecule has 1 aliphatic heterocycles. The largest absolute Gasteiger partial charge is 0.394 e. The third-order valence-corrected chi connectivity index (χ3v) is 2.43. The Balaban J connectivity index is 2.21. The van der Waals surface area contributed by atoms with Crippen LogP contribution in [0.25, 0.3) is 0 Å². The van der Waals surface area contributed by atoms with E-state index >= 15 is 0 Å². The number of aliphatic hydroxyl groups is 2. The first-order valence-electron chi connectivity index (χ1n) is 4.70. The van der Waals surface area contributed by atoms with Gasteiger partial charge in [-0.3, -0.25) is 4.57 Å². The topological polar surface area (TPSA) is 84.6 Å². The zero-order valence-corrected chi connectivity index (χ0v) is 7.98. The van der Waals surface area contributed by atoms with Crippen LogP contribution in [0.3, 0.4) is 0 Å². The molecule has 1 fully saturated rings. The molecular formula is C9H12N2O4. The van der Waals surface area contributed by atoms with Crippen LogP contribution in [0.1, 0.15) is 12.6 Å². The number of ether oxygens (including phenoxy) is 1. The van der Waals surface area contributed by atoms with E-state index in [1.54, 1.807) is 12.3 Å². The van der Waals surface area contributed by atoms with Crippen LogP contribution < -0.4 is 5.69 Å². The van der Waals surface area contributed by atoms with Gasteiger partial charge in [-0.2, -0.15) is 0 Å². The lowest BCUT2D eigenvalue weighted by Gasteiger charge is -2.13. The van der Waals surface area contributed by atoms with E-state index in [4.69, 9.17) is 9.84 Å². The van der Waals surface area contributed by atoms with E-state index in [9.17, 15) is 9.90 Å². The van der Waals surface area contributed by atoms with Gasteiger partial charge in [0.05, 0.1) is 12.7 Å². The Labute approximate surface area is 85.8 Å². The van der Waals surface area contributed by atoms with E-state index in [1.807, 2.05) is 0 Å². The van der Waals surface area contributed by atoms with Crippen LogP contribution in [0.4, 0.5) is 0 Å². The molecule has 2 heterocycles. The molecular weight excluding hydrogens is 203 g/mol. The highest BCUT2D eigenvalue weighted by Gasteiger charge is 2.34. The number of nitrogens with zero attached hydrogens (tertiary/aromatic N) is 2. The van der Waals surface area contributed by atoms with E-state index in [1.165, 1.54) is 10.8 Å². The first kappa shape index (κ1) is 10.3. The Morgan fingerprint density at radius 2 is 2.47 bits per heavy atom. The second-order valence-electron chi connectivity index (χ2n) is 3.42. The fraction of sp³-hybridized carbons (Fsp3) is 0.556. The molecule has 1 aliphatic rings. The first-order valence-corrected chi connectivity index (χ1v) is 4.70. The molecule has 1 saturated heterocycles. The first-order chi connectivity index (χ1) is 7.22. The molecule has 3 atom stereocenters. The van der Waals surface area contributed by atoms with Crippen molar-refractivity contribution in [3.8, 4) is 0 Å². The minimum absolute atomic E-state index is 0.257. The van der Waals surface area contributed by atoms with Gasteiger partial charge < -0.3 is 14.9 Å². The van der Waals surface area contributed by atoms with Crippen LogP contribution in [-0.4, -0.2) is 38.6 Å². The Bertz CT molecular complexity index is 392. The number of aliphatic hydroxyl groups excluding tert-OH is 2. The molecule has 0 unspecified atom stereocenters. The summed E-state index contributed by atoms with van der Waals surface area (Å²) in [7, 11) is 0. The molecule has 0 saturated carbocycles. The summed E-state index contributed by atoms with van der Waals surface area (Å²) in [4.78, 5) is 14.9. The Kier molecular flexibility index (Phi) is 2.81. The van der Waals surface area contributed by atoms with E-state index in [0.717, 1.165) is 0 Å². The summed E-state index contributed by atoms with van der Waals surface area (Å²) < 4.78 is 6.62. The van der Waals surface area contributed by atoms with Crippen LogP contribution in [0.15, 0.2) is 23.3 Å². The van der Waals surface area contributed by atoms with Crippen molar-refractivity contribution in [3.63, 3.8) is 0 Å². The molecule has 0 aromatic carbocycles. The van der Waals surface area contributed by atoms with Crippen LogP contribution in [0.5, 0.6) is 0 Å². The van der Waals surface area contributed by atoms with Gasteiger partial charge in [-0.05, 0) is 6.07 Å². The maximum Gasteiger partial charge on any atom is 0.349 e. The van der Waals surface area contributed by atoms with Gasteiger partial charge in [0.1, 0.15) is 12.3 Å². The second-order valence-corrected chi connectivity index (χ2v) is 3.42. The molecule has 0 amide bonds. The average molecular weight is 215 g/mol. The summed E-state index contributed by atoms with van der Waals surface area (Å²) in [5.74, 6) is 0. The molecule has 0 spiro atoms. The van der Waals surface area contributed by atoms with E-state index in [-0.39, 0.29) is 13.0 Å². The predicted octanol–water partition coefficient (Wildman–Crippen LogP) is -1.12. The molecule has 2 rings (SSSR count). The van der Waals surface area contributed by atoms with Crippen LogP contribution >= 0.6 is 0 Å². The fourth-order valence-electron chi connectivity index (χ4n) is 1.64. The van der Waals surface area contributed by atoms with Crippen LogP contribution in [0.2, 0.25) is 0 Å². The molecule has 6 nitrogen and oxygen atoms in total. The quantitative estimate of drug-likeness (QED) is 0.653. The highest BCUT2D eigenvalue weighted by molar-refractivity contribution is 4.87. The van der Waals surface area contributed by atoms with E-state index in [0.29, 0.717) is 0 Å². The Morgan fingerprint density at radius 3 is 3.07 bits per heavy atom. The summed E-state index contributed by atoms with van der Waals surface area (Å²) in [5.41, 5.74) is -0.423. The van der Waals surface area contributed by atoms with Crippen molar-refractivity contribution in [2.45, 2.75) is 24.9 Å². The number of hydrogen-bond acceptors (Lipinski definition) is 5. The van der Waals surface area contributed by atoms with Gasteiger partial charge in [-0.15, -0.1) is 0 Å². The molecule has 6 heteroatoms. The third kappa shape index (κ3) is 1.92. The van der Waals surface area contributed by atoms with E-state index < -0.39 is 24.1 Å². The molecule has 2 N–H and O–H groups in total. The lowest BCUT2D eigenvalue weighted by atomic mass is 10.2. The lowest BCUT2D eigenvalue weighted by Crippen LogP contribution is -2.27. The highest BCUT2D eigenvalue weighted by Crippen LogP contribution is 2.26. The zero-order valence-electron chi connectivity index (χ0n) is 7.98. The second kappa shape index (κ2) is 4.09. The molecule has 0 bridgehead atoms. The number of hydrogen-bond donors (Lipinski definition) is 2. The average Bonchev–Trinajstić information content (AvgIpc) is 2.60. The standard InChI is InChI=1S/C9H12N2O4/c12-5-7-6(13)4-8(15-7)11-3-1-2-10-9(11)14/h1-3,6-8,12-13H,4-5H2/t6-,7+,8+/m0/s1/i9+1,10+1,11+1. The maximum atomic E-state index is 11.3. The lowest BCUT2D eigenvalue weighted by molar-refractivity contribution is -0.0458. The van der Waals surface area contributed by atoms with Gasteiger partial charge in [-0.25, -0.2) is 9.78 Å². The van der Waals surface area contributed by atoms with Crippen molar-refractivity contribution in [2.24, 2.45) is 0 Å². The summed E-state index contributed by atoms with van der Waals surface area (Å²) in [6, 6.07) is 1.61.